The molecule has 0 spiro atoms. The van der Waals surface area contributed by atoms with Gasteiger partial charge in [-0.3, -0.25) is 4.98 Å². The largest absolute Gasteiger partial charge is 0.383 e. The van der Waals surface area contributed by atoms with Crippen LogP contribution in [0, 0.1) is 0 Å². The van der Waals surface area contributed by atoms with Gasteiger partial charge in [0.1, 0.15) is 0 Å². The molecule has 96 valence electrons. The van der Waals surface area contributed by atoms with Crippen LogP contribution in [0.15, 0.2) is 24.5 Å². The van der Waals surface area contributed by atoms with E-state index in [1.807, 2.05) is 12.3 Å². The lowest BCUT2D eigenvalue weighted by atomic mass is 10.2. The third kappa shape index (κ3) is 6.36. The van der Waals surface area contributed by atoms with Crippen LogP contribution in [-0.4, -0.2) is 49.8 Å². The zero-order valence-corrected chi connectivity index (χ0v) is 11.0. The third-order valence-corrected chi connectivity index (χ3v) is 2.58. The van der Waals surface area contributed by atoms with Gasteiger partial charge in [-0.2, -0.15) is 0 Å². The molecule has 1 N–H and O–H groups in total. The summed E-state index contributed by atoms with van der Waals surface area (Å²) >= 11 is 0. The molecule has 1 rings (SSSR count). The molecule has 1 atom stereocenters. The second-order valence-corrected chi connectivity index (χ2v) is 4.41. The summed E-state index contributed by atoms with van der Waals surface area (Å²) < 4.78 is 5.07. The molecule has 1 heterocycles. The highest BCUT2D eigenvalue weighted by Crippen LogP contribution is 1.99. The minimum absolute atomic E-state index is 0.409. The van der Waals surface area contributed by atoms with Crippen LogP contribution in [0.4, 0.5) is 0 Å². The van der Waals surface area contributed by atoms with Gasteiger partial charge in [-0.15, -0.1) is 0 Å². The molecule has 0 saturated heterocycles. The Morgan fingerprint density at radius 2 is 2.35 bits per heavy atom. The molecular formula is C13H23N3O. The lowest BCUT2D eigenvalue weighted by Crippen LogP contribution is -2.36. The molecule has 0 bridgehead atoms. The molecule has 0 amide bonds. The molecule has 1 aromatic heterocycles. The number of nitrogens with zero attached hydrogens (tertiary/aromatic N) is 2. The fraction of sp³-hybridized carbons (Fsp3) is 0.615. The van der Waals surface area contributed by atoms with Crippen LogP contribution < -0.4 is 5.32 Å². The Labute approximate surface area is 104 Å². The number of hydrogen-bond acceptors (Lipinski definition) is 4. The Kier molecular flexibility index (Phi) is 6.77. The molecule has 1 aromatic rings. The zero-order valence-electron chi connectivity index (χ0n) is 11.0. The number of nitrogens with one attached hydrogen (secondary N) is 1. The van der Waals surface area contributed by atoms with Crippen molar-refractivity contribution in [2.24, 2.45) is 0 Å². The standard InChI is InChI=1S/C13H23N3O/c1-12(11-17-3)15-7-8-16(2)10-13-5-4-6-14-9-13/h4-6,9,12,15H,7-8,10-11H2,1-3H3. The number of rotatable bonds is 8. The summed E-state index contributed by atoms with van der Waals surface area (Å²) in [5, 5.41) is 3.42. The lowest BCUT2D eigenvalue weighted by Gasteiger charge is -2.19. The van der Waals surface area contributed by atoms with E-state index in [-0.39, 0.29) is 0 Å². The summed E-state index contributed by atoms with van der Waals surface area (Å²) in [5.41, 5.74) is 1.25. The van der Waals surface area contributed by atoms with Crippen molar-refractivity contribution in [3.63, 3.8) is 0 Å². The molecule has 0 aromatic carbocycles. The summed E-state index contributed by atoms with van der Waals surface area (Å²) in [5.74, 6) is 0. The van der Waals surface area contributed by atoms with Crippen molar-refractivity contribution in [2.45, 2.75) is 19.5 Å². The fourth-order valence-corrected chi connectivity index (χ4v) is 1.69. The van der Waals surface area contributed by atoms with Crippen molar-refractivity contribution in [3.05, 3.63) is 30.1 Å². The Balaban J connectivity index is 2.15. The van der Waals surface area contributed by atoms with E-state index in [9.17, 15) is 0 Å². The number of ether oxygens (including phenoxy) is 1. The molecule has 0 aliphatic heterocycles. The quantitative estimate of drug-likeness (QED) is 0.735. The second-order valence-electron chi connectivity index (χ2n) is 4.41. The van der Waals surface area contributed by atoms with Crippen LogP contribution in [0.25, 0.3) is 0 Å². The van der Waals surface area contributed by atoms with Gasteiger partial charge in [-0.25, -0.2) is 0 Å². The predicted octanol–water partition coefficient (Wildman–Crippen LogP) is 1.14. The average molecular weight is 237 g/mol. The van der Waals surface area contributed by atoms with Crippen molar-refractivity contribution in [1.29, 1.82) is 0 Å². The molecule has 0 saturated carbocycles. The Morgan fingerprint density at radius 1 is 1.53 bits per heavy atom. The van der Waals surface area contributed by atoms with E-state index in [0.29, 0.717) is 6.04 Å². The Morgan fingerprint density at radius 3 is 3.00 bits per heavy atom. The molecule has 0 aliphatic carbocycles. The first kappa shape index (κ1) is 14.1. The number of aromatic nitrogens is 1. The fourth-order valence-electron chi connectivity index (χ4n) is 1.69. The summed E-state index contributed by atoms with van der Waals surface area (Å²) in [6.07, 6.45) is 3.72. The van der Waals surface area contributed by atoms with Crippen LogP contribution in [-0.2, 0) is 11.3 Å². The van der Waals surface area contributed by atoms with Crippen molar-refractivity contribution >= 4 is 0 Å². The van der Waals surface area contributed by atoms with Gasteiger partial charge in [-0.05, 0) is 25.6 Å². The molecular weight excluding hydrogens is 214 g/mol. The van der Waals surface area contributed by atoms with Crippen LogP contribution in [0.3, 0.4) is 0 Å². The molecule has 4 nitrogen and oxygen atoms in total. The minimum Gasteiger partial charge on any atom is -0.383 e. The van der Waals surface area contributed by atoms with Gasteiger partial charge in [0.15, 0.2) is 0 Å². The zero-order chi connectivity index (χ0) is 12.5. The maximum absolute atomic E-state index is 5.07. The first-order valence-corrected chi connectivity index (χ1v) is 6.02. The molecule has 17 heavy (non-hydrogen) atoms. The highest BCUT2D eigenvalue weighted by Gasteiger charge is 2.02. The monoisotopic (exact) mass is 237 g/mol. The van der Waals surface area contributed by atoms with Gasteiger partial charge in [0, 0.05) is 45.2 Å². The van der Waals surface area contributed by atoms with Crippen molar-refractivity contribution < 1.29 is 4.74 Å². The predicted molar refractivity (Wildman–Crippen MR) is 69.9 cm³/mol. The first-order chi connectivity index (χ1) is 8.22. The van der Waals surface area contributed by atoms with Crippen LogP contribution in [0.1, 0.15) is 12.5 Å². The molecule has 0 radical (unpaired) electrons. The van der Waals surface area contributed by atoms with Crippen LogP contribution in [0.2, 0.25) is 0 Å². The van der Waals surface area contributed by atoms with Gasteiger partial charge in [0.2, 0.25) is 0 Å². The van der Waals surface area contributed by atoms with E-state index >= 15 is 0 Å². The van der Waals surface area contributed by atoms with Gasteiger partial charge in [0.05, 0.1) is 6.61 Å². The van der Waals surface area contributed by atoms with E-state index in [1.165, 1.54) is 5.56 Å². The van der Waals surface area contributed by atoms with Gasteiger partial charge in [0.25, 0.3) is 0 Å². The highest BCUT2D eigenvalue weighted by molar-refractivity contribution is 5.07. The van der Waals surface area contributed by atoms with E-state index in [0.717, 1.165) is 26.2 Å². The maximum atomic E-state index is 5.07. The molecule has 1 unspecified atom stereocenters. The van der Waals surface area contributed by atoms with Crippen LogP contribution in [0.5, 0.6) is 0 Å². The smallest absolute Gasteiger partial charge is 0.0613 e. The summed E-state index contributed by atoms with van der Waals surface area (Å²) in [4.78, 5) is 6.39. The average Bonchev–Trinajstić information content (AvgIpc) is 2.30. The minimum atomic E-state index is 0.409. The topological polar surface area (TPSA) is 37.4 Å². The van der Waals surface area contributed by atoms with E-state index < -0.39 is 0 Å². The Hall–Kier alpha value is -0.970. The van der Waals surface area contributed by atoms with Crippen molar-refractivity contribution in [3.8, 4) is 0 Å². The molecule has 0 aliphatic rings. The highest BCUT2D eigenvalue weighted by atomic mass is 16.5. The summed E-state index contributed by atoms with van der Waals surface area (Å²) in [7, 11) is 3.85. The van der Waals surface area contributed by atoms with Crippen molar-refractivity contribution in [2.75, 3.05) is 33.9 Å². The normalized spacial score (nSPS) is 12.9. The van der Waals surface area contributed by atoms with E-state index in [2.05, 4.69) is 35.2 Å². The number of methoxy groups -OCH3 is 1. The van der Waals surface area contributed by atoms with Gasteiger partial charge >= 0.3 is 0 Å². The lowest BCUT2D eigenvalue weighted by molar-refractivity contribution is 0.170. The van der Waals surface area contributed by atoms with Gasteiger partial charge in [-0.1, -0.05) is 6.07 Å². The second kappa shape index (κ2) is 8.17. The first-order valence-electron chi connectivity index (χ1n) is 6.02. The third-order valence-electron chi connectivity index (χ3n) is 2.58. The molecule has 0 fully saturated rings. The van der Waals surface area contributed by atoms with E-state index in [1.54, 1.807) is 13.3 Å². The summed E-state index contributed by atoms with van der Waals surface area (Å²) in [6, 6.07) is 4.49. The number of hydrogen-bond donors (Lipinski definition) is 1. The maximum Gasteiger partial charge on any atom is 0.0613 e. The SMILES string of the molecule is COCC(C)NCCN(C)Cc1cccnc1. The summed E-state index contributed by atoms with van der Waals surface area (Å²) in [6.45, 7) is 5.81. The molecule has 4 heteroatoms. The van der Waals surface area contributed by atoms with Crippen LogP contribution >= 0.6 is 0 Å². The van der Waals surface area contributed by atoms with Gasteiger partial charge < -0.3 is 15.0 Å². The van der Waals surface area contributed by atoms with E-state index in [4.69, 9.17) is 4.74 Å². The van der Waals surface area contributed by atoms with Crippen molar-refractivity contribution in [1.82, 2.24) is 15.2 Å². The Bertz CT molecular complexity index is 292. The number of likely N-dealkylation sites (N-methyl/N-ethyl adjacent to an activating group) is 1. The number of pyridine rings is 1.